The molecule has 0 aromatic rings. The fourth-order valence-electron chi connectivity index (χ4n) is 1.35. The molecule has 6 heteroatoms. The van der Waals surface area contributed by atoms with Crippen molar-refractivity contribution in [1.29, 1.82) is 0 Å². The quantitative estimate of drug-likeness (QED) is 0.651. The van der Waals surface area contributed by atoms with E-state index in [0.29, 0.717) is 6.42 Å². The number of carbonyl (C=O) groups is 2. The highest BCUT2D eigenvalue weighted by molar-refractivity contribution is 5.66. The molecule has 0 amide bonds. The normalized spacial score (nSPS) is 15.8. The Morgan fingerprint density at radius 2 is 1.76 bits per heavy atom. The minimum absolute atomic E-state index is 0.0786. The standard InChI is InChI=1S/C11H20O6/c1-5-9(17-8(3)13)11(14)10(15-4)6-16-7(2)12/h9-11,14H,5-6H2,1-4H3. The van der Waals surface area contributed by atoms with Gasteiger partial charge in [0.05, 0.1) is 0 Å². The van der Waals surface area contributed by atoms with E-state index in [9.17, 15) is 14.7 Å². The van der Waals surface area contributed by atoms with Crippen LogP contribution in [0.4, 0.5) is 0 Å². The molecule has 0 aliphatic rings. The fourth-order valence-corrected chi connectivity index (χ4v) is 1.35. The lowest BCUT2D eigenvalue weighted by Crippen LogP contribution is -2.43. The van der Waals surface area contributed by atoms with Gasteiger partial charge < -0.3 is 19.3 Å². The van der Waals surface area contributed by atoms with Crippen LogP contribution in [0.1, 0.15) is 27.2 Å². The number of aliphatic hydroxyl groups is 1. The molecule has 3 atom stereocenters. The van der Waals surface area contributed by atoms with Gasteiger partial charge in [-0.15, -0.1) is 0 Å². The number of hydrogen-bond acceptors (Lipinski definition) is 6. The zero-order valence-corrected chi connectivity index (χ0v) is 10.6. The Balaban J connectivity index is 4.41. The van der Waals surface area contributed by atoms with Gasteiger partial charge in [-0.3, -0.25) is 9.59 Å². The lowest BCUT2D eigenvalue weighted by Gasteiger charge is -2.27. The van der Waals surface area contributed by atoms with Gasteiger partial charge in [-0.25, -0.2) is 0 Å². The second-order valence-electron chi connectivity index (χ2n) is 3.62. The molecule has 0 heterocycles. The second-order valence-corrected chi connectivity index (χ2v) is 3.62. The van der Waals surface area contributed by atoms with Crippen LogP contribution in [-0.4, -0.2) is 49.1 Å². The molecule has 0 bridgehead atoms. The van der Waals surface area contributed by atoms with Crippen LogP contribution in [0.2, 0.25) is 0 Å². The molecule has 0 saturated carbocycles. The zero-order valence-electron chi connectivity index (χ0n) is 10.6. The number of rotatable bonds is 7. The third-order valence-electron chi connectivity index (χ3n) is 2.24. The van der Waals surface area contributed by atoms with E-state index in [1.54, 1.807) is 6.92 Å². The third-order valence-corrected chi connectivity index (χ3v) is 2.24. The highest BCUT2D eigenvalue weighted by atomic mass is 16.6. The SMILES string of the molecule is CCC(OC(C)=O)C(O)C(COC(C)=O)OC. The molecule has 6 nitrogen and oxygen atoms in total. The Morgan fingerprint density at radius 1 is 1.18 bits per heavy atom. The van der Waals surface area contributed by atoms with Gasteiger partial charge in [-0.2, -0.15) is 0 Å². The van der Waals surface area contributed by atoms with E-state index in [1.807, 2.05) is 0 Å². The molecule has 1 N–H and O–H groups in total. The minimum atomic E-state index is -1.03. The maximum atomic E-state index is 10.8. The van der Waals surface area contributed by atoms with Crippen LogP contribution in [0.3, 0.4) is 0 Å². The van der Waals surface area contributed by atoms with Crippen molar-refractivity contribution in [1.82, 2.24) is 0 Å². The predicted molar refractivity (Wildman–Crippen MR) is 59.3 cm³/mol. The van der Waals surface area contributed by atoms with Crippen molar-refractivity contribution in [3.63, 3.8) is 0 Å². The van der Waals surface area contributed by atoms with Crippen LogP contribution in [-0.2, 0) is 23.8 Å². The highest BCUT2D eigenvalue weighted by Crippen LogP contribution is 2.11. The summed E-state index contributed by atoms with van der Waals surface area (Å²) < 4.78 is 14.7. The van der Waals surface area contributed by atoms with Gasteiger partial charge in [0.2, 0.25) is 0 Å². The van der Waals surface area contributed by atoms with E-state index in [1.165, 1.54) is 21.0 Å². The van der Waals surface area contributed by atoms with Crippen LogP contribution in [0, 0.1) is 0 Å². The van der Waals surface area contributed by atoms with Crippen LogP contribution in [0.5, 0.6) is 0 Å². The minimum Gasteiger partial charge on any atom is -0.463 e. The number of carbonyl (C=O) groups excluding carboxylic acids is 2. The number of ether oxygens (including phenoxy) is 3. The van der Waals surface area contributed by atoms with Crippen LogP contribution in [0.25, 0.3) is 0 Å². The third kappa shape index (κ3) is 6.23. The lowest BCUT2D eigenvalue weighted by atomic mass is 10.1. The van der Waals surface area contributed by atoms with Crippen molar-refractivity contribution in [3.8, 4) is 0 Å². The van der Waals surface area contributed by atoms with Crippen LogP contribution >= 0.6 is 0 Å². The van der Waals surface area contributed by atoms with Crippen LogP contribution in [0.15, 0.2) is 0 Å². The van der Waals surface area contributed by atoms with Crippen molar-refractivity contribution < 1.29 is 28.9 Å². The van der Waals surface area contributed by atoms with E-state index in [4.69, 9.17) is 14.2 Å². The maximum Gasteiger partial charge on any atom is 0.302 e. The largest absolute Gasteiger partial charge is 0.463 e. The molecule has 17 heavy (non-hydrogen) atoms. The molecule has 3 unspecified atom stereocenters. The highest BCUT2D eigenvalue weighted by Gasteiger charge is 2.29. The zero-order chi connectivity index (χ0) is 13.4. The summed E-state index contributed by atoms with van der Waals surface area (Å²) in [5.74, 6) is -0.932. The lowest BCUT2D eigenvalue weighted by molar-refractivity contribution is -0.166. The van der Waals surface area contributed by atoms with Crippen molar-refractivity contribution in [2.75, 3.05) is 13.7 Å². The Kier molecular flexibility index (Phi) is 7.49. The summed E-state index contributed by atoms with van der Waals surface area (Å²) in [6.07, 6.45) is -1.98. The van der Waals surface area contributed by atoms with Gasteiger partial charge in [0.15, 0.2) is 0 Å². The number of esters is 2. The Hall–Kier alpha value is -1.14. The van der Waals surface area contributed by atoms with Crippen molar-refractivity contribution in [3.05, 3.63) is 0 Å². The summed E-state index contributed by atoms with van der Waals surface area (Å²) in [5.41, 5.74) is 0. The van der Waals surface area contributed by atoms with Gasteiger partial charge in [0, 0.05) is 21.0 Å². The summed E-state index contributed by atoms with van der Waals surface area (Å²) in [7, 11) is 1.39. The summed E-state index contributed by atoms with van der Waals surface area (Å²) in [6.45, 7) is 4.23. The molecule has 0 aromatic carbocycles. The van der Waals surface area contributed by atoms with E-state index >= 15 is 0 Å². The molecule has 0 aliphatic carbocycles. The molecule has 0 rings (SSSR count). The van der Waals surface area contributed by atoms with Crippen molar-refractivity contribution in [2.24, 2.45) is 0 Å². The molecule has 100 valence electrons. The smallest absolute Gasteiger partial charge is 0.302 e. The summed E-state index contributed by atoms with van der Waals surface area (Å²) in [5, 5.41) is 9.94. The molecule has 0 saturated heterocycles. The first-order chi connectivity index (χ1) is 7.92. The van der Waals surface area contributed by atoms with E-state index < -0.39 is 30.3 Å². The topological polar surface area (TPSA) is 82.1 Å². The Labute approximate surface area is 101 Å². The van der Waals surface area contributed by atoms with Gasteiger partial charge in [0.25, 0.3) is 0 Å². The second kappa shape index (κ2) is 8.03. The van der Waals surface area contributed by atoms with Gasteiger partial charge >= 0.3 is 11.9 Å². The van der Waals surface area contributed by atoms with E-state index in [-0.39, 0.29) is 6.61 Å². The molecule has 0 radical (unpaired) electrons. The predicted octanol–water partition coefficient (Wildman–Crippen LogP) is 0.267. The molecule has 0 spiro atoms. The average Bonchev–Trinajstić information content (AvgIpc) is 2.25. The number of aliphatic hydroxyl groups excluding tert-OH is 1. The number of hydrogen-bond donors (Lipinski definition) is 1. The van der Waals surface area contributed by atoms with E-state index in [2.05, 4.69) is 0 Å². The molecule has 0 aromatic heterocycles. The Bertz CT molecular complexity index is 252. The molecule has 0 fully saturated rings. The van der Waals surface area contributed by atoms with E-state index in [0.717, 1.165) is 0 Å². The molecule has 0 aliphatic heterocycles. The summed E-state index contributed by atoms with van der Waals surface area (Å²) in [6, 6.07) is 0. The maximum absolute atomic E-state index is 10.8. The molecular weight excluding hydrogens is 228 g/mol. The fraction of sp³-hybridized carbons (Fsp3) is 0.818. The Morgan fingerprint density at radius 3 is 2.12 bits per heavy atom. The summed E-state index contributed by atoms with van der Waals surface area (Å²) >= 11 is 0. The van der Waals surface area contributed by atoms with Crippen LogP contribution < -0.4 is 0 Å². The monoisotopic (exact) mass is 248 g/mol. The molecular formula is C11H20O6. The number of methoxy groups -OCH3 is 1. The average molecular weight is 248 g/mol. The van der Waals surface area contributed by atoms with Gasteiger partial charge in [-0.1, -0.05) is 6.92 Å². The first-order valence-electron chi connectivity index (χ1n) is 5.43. The first kappa shape index (κ1) is 15.9. The van der Waals surface area contributed by atoms with Crippen molar-refractivity contribution in [2.45, 2.75) is 45.5 Å². The van der Waals surface area contributed by atoms with Gasteiger partial charge in [0.1, 0.15) is 24.9 Å². The summed E-state index contributed by atoms with van der Waals surface area (Å²) in [4.78, 5) is 21.5. The van der Waals surface area contributed by atoms with Crippen molar-refractivity contribution >= 4 is 11.9 Å². The van der Waals surface area contributed by atoms with Gasteiger partial charge in [-0.05, 0) is 6.42 Å². The first-order valence-corrected chi connectivity index (χ1v) is 5.43.